The number of rotatable bonds is 3. The van der Waals surface area contributed by atoms with Crippen LogP contribution in [0.3, 0.4) is 0 Å². The summed E-state index contributed by atoms with van der Waals surface area (Å²) in [5.74, 6) is 0. The average molecular weight is 361 g/mol. The van der Waals surface area contributed by atoms with Gasteiger partial charge in [-0.2, -0.15) is 0 Å². The van der Waals surface area contributed by atoms with Crippen molar-refractivity contribution >= 4 is 33.1 Å². The SMILES string of the molecule is C[C@@H](c1cccc(S(N)(=O)=O)c1)n1c(=S)[nH]c2ccccc2c1=O. The molecule has 2 aromatic carbocycles. The normalized spacial score (nSPS) is 13.1. The Balaban J connectivity index is 2.22. The lowest BCUT2D eigenvalue weighted by atomic mass is 10.1. The Labute approximate surface area is 143 Å². The maximum absolute atomic E-state index is 12.8. The Morgan fingerprint density at radius 2 is 1.88 bits per heavy atom. The highest BCUT2D eigenvalue weighted by atomic mass is 32.2. The van der Waals surface area contributed by atoms with Crippen molar-refractivity contribution in [3.63, 3.8) is 0 Å². The van der Waals surface area contributed by atoms with E-state index in [4.69, 9.17) is 17.4 Å². The van der Waals surface area contributed by atoms with Gasteiger partial charge in [0, 0.05) is 0 Å². The molecule has 1 atom stereocenters. The number of fused-ring (bicyclic) bond motifs is 1. The molecule has 3 aromatic rings. The van der Waals surface area contributed by atoms with Crippen molar-refractivity contribution in [2.24, 2.45) is 5.14 Å². The first-order chi connectivity index (χ1) is 11.3. The Morgan fingerprint density at radius 3 is 2.58 bits per heavy atom. The molecule has 0 unspecified atom stereocenters. The van der Waals surface area contributed by atoms with Crippen molar-refractivity contribution < 1.29 is 8.42 Å². The molecule has 0 fully saturated rings. The number of H-pyrrole nitrogens is 1. The molecule has 0 spiro atoms. The van der Waals surface area contributed by atoms with E-state index in [-0.39, 0.29) is 15.2 Å². The van der Waals surface area contributed by atoms with Gasteiger partial charge in [-0.3, -0.25) is 9.36 Å². The van der Waals surface area contributed by atoms with Crippen LogP contribution in [0.25, 0.3) is 10.9 Å². The van der Waals surface area contributed by atoms with Crippen LogP contribution < -0.4 is 10.7 Å². The van der Waals surface area contributed by atoms with Crippen LogP contribution in [0.4, 0.5) is 0 Å². The third kappa shape index (κ3) is 2.91. The summed E-state index contributed by atoms with van der Waals surface area (Å²) in [6, 6.07) is 12.8. The van der Waals surface area contributed by atoms with E-state index >= 15 is 0 Å². The number of hydrogen-bond donors (Lipinski definition) is 2. The van der Waals surface area contributed by atoms with Gasteiger partial charge in [-0.15, -0.1) is 0 Å². The molecule has 8 heteroatoms. The van der Waals surface area contributed by atoms with Crippen LogP contribution in [0.15, 0.2) is 58.2 Å². The molecular formula is C16H15N3O3S2. The molecule has 24 heavy (non-hydrogen) atoms. The zero-order chi connectivity index (χ0) is 17.5. The Hall–Kier alpha value is -2.29. The van der Waals surface area contributed by atoms with E-state index in [1.807, 2.05) is 6.07 Å². The second-order valence-corrected chi connectivity index (χ2v) is 7.39. The van der Waals surface area contributed by atoms with Gasteiger partial charge < -0.3 is 4.98 Å². The van der Waals surface area contributed by atoms with Crippen LogP contribution in [0.5, 0.6) is 0 Å². The number of sulfonamides is 1. The number of aromatic nitrogens is 2. The summed E-state index contributed by atoms with van der Waals surface area (Å²) >= 11 is 5.31. The van der Waals surface area contributed by atoms with Gasteiger partial charge in [0.05, 0.1) is 21.8 Å². The third-order valence-electron chi connectivity index (χ3n) is 3.89. The van der Waals surface area contributed by atoms with E-state index < -0.39 is 16.1 Å². The van der Waals surface area contributed by atoms with Gasteiger partial charge >= 0.3 is 0 Å². The zero-order valence-corrected chi connectivity index (χ0v) is 14.4. The molecule has 0 radical (unpaired) electrons. The predicted octanol–water partition coefficient (Wildman–Crippen LogP) is 2.32. The molecule has 0 saturated carbocycles. The monoisotopic (exact) mass is 361 g/mol. The summed E-state index contributed by atoms with van der Waals surface area (Å²) in [5.41, 5.74) is 1.05. The summed E-state index contributed by atoms with van der Waals surface area (Å²) < 4.78 is 24.8. The van der Waals surface area contributed by atoms with Gasteiger partial charge in [-0.1, -0.05) is 24.3 Å². The van der Waals surface area contributed by atoms with Crippen molar-refractivity contribution in [1.29, 1.82) is 0 Å². The summed E-state index contributed by atoms with van der Waals surface area (Å²) in [6.07, 6.45) is 0. The molecule has 0 saturated heterocycles. The van der Waals surface area contributed by atoms with Gasteiger partial charge in [0.2, 0.25) is 10.0 Å². The molecule has 3 rings (SSSR count). The number of aromatic amines is 1. The number of nitrogens with zero attached hydrogens (tertiary/aromatic N) is 1. The highest BCUT2D eigenvalue weighted by Crippen LogP contribution is 2.20. The van der Waals surface area contributed by atoms with Crippen LogP contribution >= 0.6 is 12.2 Å². The quantitative estimate of drug-likeness (QED) is 0.700. The molecule has 1 aromatic heterocycles. The van der Waals surface area contributed by atoms with E-state index in [2.05, 4.69) is 4.98 Å². The first-order valence-electron chi connectivity index (χ1n) is 7.15. The van der Waals surface area contributed by atoms with Crippen molar-refractivity contribution in [2.75, 3.05) is 0 Å². The smallest absolute Gasteiger partial charge is 0.262 e. The third-order valence-corrected chi connectivity index (χ3v) is 5.10. The van der Waals surface area contributed by atoms with Crippen LogP contribution in [-0.4, -0.2) is 18.0 Å². The highest BCUT2D eigenvalue weighted by Gasteiger charge is 2.16. The maximum Gasteiger partial charge on any atom is 0.262 e. The number of nitrogens with one attached hydrogen (secondary N) is 1. The number of benzene rings is 2. The fourth-order valence-electron chi connectivity index (χ4n) is 2.63. The average Bonchev–Trinajstić information content (AvgIpc) is 2.54. The van der Waals surface area contributed by atoms with Crippen LogP contribution in [0.1, 0.15) is 18.5 Å². The molecular weight excluding hydrogens is 346 g/mol. The largest absolute Gasteiger partial charge is 0.332 e. The fraction of sp³-hybridized carbons (Fsp3) is 0.125. The lowest BCUT2D eigenvalue weighted by molar-refractivity contribution is 0.591. The molecule has 0 aliphatic carbocycles. The fourth-order valence-corrected chi connectivity index (χ4v) is 3.55. The minimum atomic E-state index is -3.82. The van der Waals surface area contributed by atoms with Gasteiger partial charge in [0.1, 0.15) is 0 Å². The first-order valence-corrected chi connectivity index (χ1v) is 9.11. The Bertz CT molecular complexity index is 1150. The number of para-hydroxylation sites is 1. The van der Waals surface area contributed by atoms with Gasteiger partial charge in [-0.05, 0) is 49.0 Å². The maximum atomic E-state index is 12.8. The van der Waals surface area contributed by atoms with Gasteiger partial charge in [0.15, 0.2) is 4.77 Å². The molecule has 0 aliphatic rings. The van der Waals surface area contributed by atoms with E-state index in [0.717, 1.165) is 0 Å². The van der Waals surface area contributed by atoms with Gasteiger partial charge in [-0.25, -0.2) is 13.6 Å². The van der Waals surface area contributed by atoms with E-state index in [0.29, 0.717) is 16.5 Å². The highest BCUT2D eigenvalue weighted by molar-refractivity contribution is 7.89. The first kappa shape index (κ1) is 16.6. The van der Waals surface area contributed by atoms with E-state index in [1.165, 1.54) is 16.7 Å². The van der Waals surface area contributed by atoms with Crippen molar-refractivity contribution in [2.45, 2.75) is 17.9 Å². The predicted molar refractivity (Wildman–Crippen MR) is 95.0 cm³/mol. The van der Waals surface area contributed by atoms with Crippen molar-refractivity contribution in [1.82, 2.24) is 9.55 Å². The number of primary sulfonamides is 1. The molecule has 0 bridgehead atoms. The summed E-state index contributed by atoms with van der Waals surface area (Å²) in [5, 5.41) is 5.69. The summed E-state index contributed by atoms with van der Waals surface area (Å²) in [7, 11) is -3.82. The van der Waals surface area contributed by atoms with Crippen LogP contribution in [-0.2, 0) is 10.0 Å². The topological polar surface area (TPSA) is 97.9 Å². The molecule has 124 valence electrons. The van der Waals surface area contributed by atoms with Crippen molar-refractivity contribution in [3.05, 3.63) is 69.2 Å². The van der Waals surface area contributed by atoms with E-state index in [9.17, 15) is 13.2 Å². The minimum Gasteiger partial charge on any atom is -0.332 e. The molecule has 0 aliphatic heterocycles. The molecule has 1 heterocycles. The van der Waals surface area contributed by atoms with Crippen LogP contribution in [0.2, 0.25) is 0 Å². The molecule has 6 nitrogen and oxygen atoms in total. The second kappa shape index (κ2) is 5.97. The lowest BCUT2D eigenvalue weighted by Crippen LogP contribution is -2.26. The number of hydrogen-bond acceptors (Lipinski definition) is 4. The van der Waals surface area contributed by atoms with Crippen LogP contribution in [0, 0.1) is 4.77 Å². The zero-order valence-electron chi connectivity index (χ0n) is 12.8. The van der Waals surface area contributed by atoms with Crippen molar-refractivity contribution in [3.8, 4) is 0 Å². The summed E-state index contributed by atoms with van der Waals surface area (Å²) in [4.78, 5) is 15.8. The molecule has 3 N–H and O–H groups in total. The standard InChI is InChI=1S/C16H15N3O3S2/c1-10(11-5-4-6-12(9-11)24(17,21)22)19-15(20)13-7-2-3-8-14(13)18-16(19)23/h2-10H,1H3,(H,18,23)(H2,17,21,22)/t10-/m0/s1. The molecule has 0 amide bonds. The second-order valence-electron chi connectivity index (χ2n) is 5.44. The number of nitrogens with two attached hydrogens (primary N) is 1. The lowest BCUT2D eigenvalue weighted by Gasteiger charge is -2.17. The van der Waals surface area contributed by atoms with E-state index in [1.54, 1.807) is 37.3 Å². The Kier molecular flexibility index (Phi) is 4.12. The minimum absolute atomic E-state index is 0.00409. The Morgan fingerprint density at radius 1 is 1.17 bits per heavy atom. The summed E-state index contributed by atoms with van der Waals surface area (Å²) in [6.45, 7) is 1.78. The van der Waals surface area contributed by atoms with Gasteiger partial charge in [0.25, 0.3) is 5.56 Å².